The first-order valence-electron chi connectivity index (χ1n) is 3.16. The second-order valence-corrected chi connectivity index (χ2v) is 3.30. The highest BCUT2D eigenvalue weighted by Crippen LogP contribution is 2.08. The first kappa shape index (κ1) is 9.78. The molecule has 0 aliphatic heterocycles. The molecule has 2 N–H and O–H groups in total. The number of hydrogen-bond donors (Lipinski definition) is 2. The summed E-state index contributed by atoms with van der Waals surface area (Å²) in [5.74, 6) is 0.632. The molecule has 0 rings (SSSR count). The number of carbonyl (C=O) groups excluding carboxylic acids is 1. The van der Waals surface area contributed by atoms with Crippen LogP contribution in [0.3, 0.4) is 0 Å². The van der Waals surface area contributed by atoms with Gasteiger partial charge < -0.3 is 10.4 Å². The first-order chi connectivity index (χ1) is 4.72. The van der Waals surface area contributed by atoms with Gasteiger partial charge in [-0.3, -0.25) is 4.79 Å². The second-order valence-electron chi connectivity index (χ2n) is 1.85. The van der Waals surface area contributed by atoms with Crippen LogP contribution >= 0.6 is 11.8 Å². The van der Waals surface area contributed by atoms with Gasteiger partial charge in [0.1, 0.15) is 0 Å². The van der Waals surface area contributed by atoms with E-state index in [1.165, 1.54) is 11.8 Å². The molecule has 0 aliphatic rings. The number of nitrogens with one attached hydrogen (secondary N) is 1. The standard InChI is InChI=1S/C6H13NO2S/c1-5(6(9)7-2)10-4-3-8/h5,8H,3-4H2,1-2H3,(H,7,9). The summed E-state index contributed by atoms with van der Waals surface area (Å²) < 4.78 is 0. The smallest absolute Gasteiger partial charge is 0.232 e. The summed E-state index contributed by atoms with van der Waals surface area (Å²) in [6.07, 6.45) is 0. The van der Waals surface area contributed by atoms with Gasteiger partial charge in [0.15, 0.2) is 0 Å². The number of amides is 1. The van der Waals surface area contributed by atoms with Gasteiger partial charge in [-0.25, -0.2) is 0 Å². The molecule has 1 unspecified atom stereocenters. The maximum Gasteiger partial charge on any atom is 0.232 e. The van der Waals surface area contributed by atoms with Gasteiger partial charge in [0, 0.05) is 12.8 Å². The molecule has 60 valence electrons. The van der Waals surface area contributed by atoms with Gasteiger partial charge in [-0.15, -0.1) is 11.8 Å². The summed E-state index contributed by atoms with van der Waals surface area (Å²) in [6.45, 7) is 1.95. The predicted molar refractivity (Wildman–Crippen MR) is 43.1 cm³/mol. The van der Waals surface area contributed by atoms with Gasteiger partial charge in [-0.1, -0.05) is 0 Å². The van der Waals surface area contributed by atoms with E-state index >= 15 is 0 Å². The lowest BCUT2D eigenvalue weighted by molar-refractivity contribution is -0.119. The second kappa shape index (κ2) is 5.56. The highest BCUT2D eigenvalue weighted by molar-refractivity contribution is 8.00. The molecule has 0 saturated heterocycles. The van der Waals surface area contributed by atoms with E-state index in [4.69, 9.17) is 5.11 Å². The molecule has 0 saturated carbocycles. The minimum Gasteiger partial charge on any atom is -0.396 e. The Morgan fingerprint density at radius 1 is 1.80 bits per heavy atom. The number of hydrogen-bond acceptors (Lipinski definition) is 3. The summed E-state index contributed by atoms with van der Waals surface area (Å²) in [6, 6.07) is 0. The largest absolute Gasteiger partial charge is 0.396 e. The van der Waals surface area contributed by atoms with Crippen LogP contribution in [0.25, 0.3) is 0 Å². The molecule has 0 heterocycles. The molecule has 10 heavy (non-hydrogen) atoms. The average Bonchev–Trinajstić information content (AvgIpc) is 1.98. The van der Waals surface area contributed by atoms with Crippen molar-refractivity contribution in [1.29, 1.82) is 0 Å². The Kier molecular flexibility index (Phi) is 5.43. The molecule has 0 aromatic carbocycles. The van der Waals surface area contributed by atoms with Gasteiger partial charge in [-0.2, -0.15) is 0 Å². The molecular formula is C6H13NO2S. The van der Waals surface area contributed by atoms with Crippen LogP contribution < -0.4 is 5.32 Å². The van der Waals surface area contributed by atoms with E-state index in [2.05, 4.69) is 5.32 Å². The Morgan fingerprint density at radius 2 is 2.40 bits per heavy atom. The topological polar surface area (TPSA) is 49.3 Å². The molecule has 4 heteroatoms. The maximum absolute atomic E-state index is 10.8. The minimum absolute atomic E-state index is 0.0125. The molecule has 0 aromatic heterocycles. The third kappa shape index (κ3) is 3.74. The monoisotopic (exact) mass is 163 g/mol. The fourth-order valence-electron chi connectivity index (χ4n) is 0.508. The zero-order valence-corrected chi connectivity index (χ0v) is 7.07. The molecule has 0 fully saturated rings. The quantitative estimate of drug-likeness (QED) is 0.606. The predicted octanol–water partition coefficient (Wildman–Crippen LogP) is -0.154. The maximum atomic E-state index is 10.8. The Hall–Kier alpha value is -0.220. The highest BCUT2D eigenvalue weighted by atomic mass is 32.2. The van der Waals surface area contributed by atoms with E-state index < -0.39 is 0 Å². The third-order valence-electron chi connectivity index (χ3n) is 1.07. The van der Waals surface area contributed by atoms with E-state index in [-0.39, 0.29) is 17.8 Å². The van der Waals surface area contributed by atoms with Crippen LogP contribution in [0.4, 0.5) is 0 Å². The summed E-state index contributed by atoms with van der Waals surface area (Å²) in [5, 5.41) is 10.9. The lowest BCUT2D eigenvalue weighted by atomic mass is 10.4. The average molecular weight is 163 g/mol. The van der Waals surface area contributed by atoms with Crippen LogP contribution in [0.2, 0.25) is 0 Å². The van der Waals surface area contributed by atoms with Crippen molar-refractivity contribution in [2.24, 2.45) is 0 Å². The van der Waals surface area contributed by atoms with Crippen molar-refractivity contribution >= 4 is 17.7 Å². The van der Waals surface area contributed by atoms with Crippen LogP contribution in [0.1, 0.15) is 6.92 Å². The van der Waals surface area contributed by atoms with Crippen molar-refractivity contribution < 1.29 is 9.90 Å². The van der Waals surface area contributed by atoms with Gasteiger partial charge in [0.25, 0.3) is 0 Å². The molecule has 0 aliphatic carbocycles. The molecule has 0 radical (unpaired) electrons. The SMILES string of the molecule is CNC(=O)C(C)SCCO. The molecule has 0 bridgehead atoms. The normalized spacial score (nSPS) is 12.7. The summed E-state index contributed by atoms with van der Waals surface area (Å²) in [7, 11) is 1.61. The van der Waals surface area contributed by atoms with E-state index in [1.807, 2.05) is 6.92 Å². The number of rotatable bonds is 4. The Bertz CT molecular complexity index is 108. The minimum atomic E-state index is -0.0582. The summed E-state index contributed by atoms with van der Waals surface area (Å²) in [4.78, 5) is 10.8. The third-order valence-corrected chi connectivity index (χ3v) is 2.21. The number of carbonyl (C=O) groups is 1. The van der Waals surface area contributed by atoms with Crippen molar-refractivity contribution in [1.82, 2.24) is 5.32 Å². The molecule has 1 amide bonds. The number of aliphatic hydroxyl groups excluding tert-OH is 1. The summed E-state index contributed by atoms with van der Waals surface area (Å²) >= 11 is 1.45. The summed E-state index contributed by atoms with van der Waals surface area (Å²) in [5.41, 5.74) is 0. The van der Waals surface area contributed by atoms with Gasteiger partial charge in [0.2, 0.25) is 5.91 Å². The lowest BCUT2D eigenvalue weighted by Gasteiger charge is -2.06. The molecule has 3 nitrogen and oxygen atoms in total. The van der Waals surface area contributed by atoms with E-state index in [9.17, 15) is 4.79 Å². The van der Waals surface area contributed by atoms with Gasteiger partial charge in [-0.05, 0) is 6.92 Å². The van der Waals surface area contributed by atoms with Crippen LogP contribution in [0, 0.1) is 0 Å². The number of thioether (sulfide) groups is 1. The van der Waals surface area contributed by atoms with Crippen molar-refractivity contribution in [3.05, 3.63) is 0 Å². The van der Waals surface area contributed by atoms with Crippen LogP contribution in [0.15, 0.2) is 0 Å². The van der Waals surface area contributed by atoms with Crippen molar-refractivity contribution in [2.75, 3.05) is 19.4 Å². The van der Waals surface area contributed by atoms with Crippen molar-refractivity contribution in [3.63, 3.8) is 0 Å². The van der Waals surface area contributed by atoms with Gasteiger partial charge >= 0.3 is 0 Å². The molecular weight excluding hydrogens is 150 g/mol. The van der Waals surface area contributed by atoms with Crippen LogP contribution in [0.5, 0.6) is 0 Å². The van der Waals surface area contributed by atoms with Crippen LogP contribution in [-0.2, 0) is 4.79 Å². The molecule has 0 aromatic rings. The van der Waals surface area contributed by atoms with E-state index in [1.54, 1.807) is 7.05 Å². The zero-order chi connectivity index (χ0) is 7.98. The van der Waals surface area contributed by atoms with Gasteiger partial charge in [0.05, 0.1) is 11.9 Å². The first-order valence-corrected chi connectivity index (χ1v) is 4.21. The molecule has 1 atom stereocenters. The van der Waals surface area contributed by atoms with Crippen molar-refractivity contribution in [2.45, 2.75) is 12.2 Å². The fourth-order valence-corrected chi connectivity index (χ4v) is 1.24. The number of aliphatic hydroxyl groups is 1. The Balaban J connectivity index is 3.41. The van der Waals surface area contributed by atoms with E-state index in [0.717, 1.165) is 0 Å². The lowest BCUT2D eigenvalue weighted by Crippen LogP contribution is -2.27. The Morgan fingerprint density at radius 3 is 2.80 bits per heavy atom. The fraction of sp³-hybridized carbons (Fsp3) is 0.833. The zero-order valence-electron chi connectivity index (χ0n) is 6.26. The molecule has 0 spiro atoms. The Labute approximate surface area is 65.2 Å². The van der Waals surface area contributed by atoms with E-state index in [0.29, 0.717) is 5.75 Å². The highest BCUT2D eigenvalue weighted by Gasteiger charge is 2.09. The van der Waals surface area contributed by atoms with Crippen LogP contribution in [-0.4, -0.2) is 35.7 Å². The van der Waals surface area contributed by atoms with Crippen molar-refractivity contribution in [3.8, 4) is 0 Å².